The molecule has 11 nitrogen and oxygen atoms in total. The van der Waals surface area contributed by atoms with Gasteiger partial charge in [-0.3, -0.25) is 19.8 Å². The number of aromatic nitrogens is 2. The number of ether oxygens (including phenoxy) is 1. The number of benzene rings is 1. The number of H-pyrrole nitrogens is 1. The van der Waals surface area contributed by atoms with Crippen LogP contribution in [-0.4, -0.2) is 43.5 Å². The zero-order valence-electron chi connectivity index (χ0n) is 16.3. The monoisotopic (exact) mass is 413 g/mol. The van der Waals surface area contributed by atoms with E-state index in [1.165, 1.54) is 6.07 Å². The van der Waals surface area contributed by atoms with Gasteiger partial charge in [0.2, 0.25) is 5.88 Å². The van der Waals surface area contributed by atoms with Crippen molar-refractivity contribution >= 4 is 22.8 Å². The first kappa shape index (κ1) is 20.6. The van der Waals surface area contributed by atoms with E-state index in [-0.39, 0.29) is 34.1 Å². The Morgan fingerprint density at radius 1 is 1.13 bits per heavy atom. The normalized spacial score (nSPS) is 11.3. The summed E-state index contributed by atoms with van der Waals surface area (Å²) in [5, 5.41) is 45.5. The molecule has 156 valence electrons. The fourth-order valence-corrected chi connectivity index (χ4v) is 3.22. The second kappa shape index (κ2) is 7.70. The van der Waals surface area contributed by atoms with Crippen molar-refractivity contribution in [1.29, 1.82) is 5.41 Å². The number of aromatic amines is 1. The van der Waals surface area contributed by atoms with Gasteiger partial charge in [0.1, 0.15) is 5.49 Å². The summed E-state index contributed by atoms with van der Waals surface area (Å²) in [6, 6.07) is 4.37. The number of carbonyl (C=O) groups excluding carboxylic acids is 2. The molecule has 0 saturated carbocycles. The zero-order valence-corrected chi connectivity index (χ0v) is 16.3. The highest BCUT2D eigenvalue weighted by molar-refractivity contribution is 6.00. The summed E-state index contributed by atoms with van der Waals surface area (Å²) in [5.74, 6) is -2.25. The minimum absolute atomic E-state index is 0.0129. The second-order valence-electron chi connectivity index (χ2n) is 6.48. The van der Waals surface area contributed by atoms with Crippen LogP contribution in [0.3, 0.4) is 0 Å². The molecule has 30 heavy (non-hydrogen) atoms. The van der Waals surface area contributed by atoms with Gasteiger partial charge in [-0.15, -0.1) is 0 Å². The SMILES string of the molecule is CCOC(=O)N=NC(=O)c1c(C)cc(C)cc1-n1c(O)cc2c(O)[nH]c(O)c2c1=N. The lowest BCUT2D eigenvalue weighted by Gasteiger charge is -2.16. The lowest BCUT2D eigenvalue weighted by atomic mass is 10.0. The molecule has 0 fully saturated rings. The molecule has 0 aliphatic heterocycles. The first-order valence-electron chi connectivity index (χ1n) is 8.83. The molecular formula is C19H19N5O6. The van der Waals surface area contributed by atoms with E-state index in [1.807, 2.05) is 0 Å². The maximum Gasteiger partial charge on any atom is 0.452 e. The number of hydrogen-bond acceptors (Lipinski definition) is 7. The number of azo groups is 1. The van der Waals surface area contributed by atoms with Crippen molar-refractivity contribution < 1.29 is 29.6 Å². The Morgan fingerprint density at radius 3 is 2.50 bits per heavy atom. The molecule has 0 spiro atoms. The minimum Gasteiger partial charge on any atom is -0.494 e. The average Bonchev–Trinajstić information content (AvgIpc) is 2.93. The topological polar surface area (TPSA) is 173 Å². The number of pyridine rings is 1. The Balaban J connectivity index is 2.28. The van der Waals surface area contributed by atoms with E-state index in [4.69, 9.17) is 5.41 Å². The number of nitrogens with one attached hydrogen (secondary N) is 2. The summed E-state index contributed by atoms with van der Waals surface area (Å²) in [6.07, 6.45) is -1.03. The van der Waals surface area contributed by atoms with Crippen molar-refractivity contribution in [3.8, 4) is 23.3 Å². The molecule has 3 rings (SSSR count). The molecule has 0 aliphatic rings. The van der Waals surface area contributed by atoms with E-state index in [0.29, 0.717) is 11.1 Å². The highest BCUT2D eigenvalue weighted by Crippen LogP contribution is 2.33. The third-order valence-electron chi connectivity index (χ3n) is 4.37. The molecular weight excluding hydrogens is 394 g/mol. The van der Waals surface area contributed by atoms with E-state index in [1.54, 1.807) is 26.8 Å². The van der Waals surface area contributed by atoms with E-state index < -0.39 is 29.6 Å². The van der Waals surface area contributed by atoms with Crippen LogP contribution >= 0.6 is 0 Å². The molecule has 0 atom stereocenters. The predicted octanol–water partition coefficient (Wildman–Crippen LogP) is 2.92. The molecule has 0 radical (unpaired) electrons. The number of rotatable bonds is 3. The maximum absolute atomic E-state index is 12.7. The lowest BCUT2D eigenvalue weighted by molar-refractivity contribution is 0.0987. The van der Waals surface area contributed by atoms with Gasteiger partial charge in [0, 0.05) is 6.07 Å². The van der Waals surface area contributed by atoms with E-state index in [2.05, 4.69) is 19.9 Å². The number of aromatic hydroxyl groups is 3. The molecule has 0 unspecified atom stereocenters. The molecule has 2 aromatic heterocycles. The maximum atomic E-state index is 12.7. The number of aryl methyl sites for hydroxylation is 2. The standard InChI is InChI=1S/C19H19N5O6/c1-4-30-19(29)23-22-18(28)13-9(3)5-8(2)6-11(13)24-12(25)7-10-14(15(24)20)17(27)21-16(10)26/h5-7,20-21,25-27H,4H2,1-3H3. The number of nitrogens with zero attached hydrogens (tertiary/aromatic N) is 3. The van der Waals surface area contributed by atoms with Crippen LogP contribution in [0, 0.1) is 19.3 Å². The number of carbonyl (C=O) groups is 2. The van der Waals surface area contributed by atoms with Gasteiger partial charge < -0.3 is 20.1 Å². The molecule has 0 aliphatic carbocycles. The van der Waals surface area contributed by atoms with E-state index in [0.717, 1.165) is 10.6 Å². The smallest absolute Gasteiger partial charge is 0.452 e. The Morgan fingerprint density at radius 2 is 1.83 bits per heavy atom. The minimum atomic E-state index is -1.03. The summed E-state index contributed by atoms with van der Waals surface area (Å²) in [6.45, 7) is 5.03. The van der Waals surface area contributed by atoms with Gasteiger partial charge in [-0.2, -0.15) is 0 Å². The summed E-state index contributed by atoms with van der Waals surface area (Å²) >= 11 is 0. The Bertz CT molecular complexity index is 1270. The van der Waals surface area contributed by atoms with E-state index in [9.17, 15) is 24.9 Å². The fraction of sp³-hybridized carbons (Fsp3) is 0.211. The predicted molar refractivity (Wildman–Crippen MR) is 104 cm³/mol. The van der Waals surface area contributed by atoms with Crippen molar-refractivity contribution in [1.82, 2.24) is 9.55 Å². The molecule has 0 bridgehead atoms. The fourth-order valence-electron chi connectivity index (χ4n) is 3.22. The van der Waals surface area contributed by atoms with Crippen molar-refractivity contribution in [3.05, 3.63) is 40.4 Å². The van der Waals surface area contributed by atoms with Crippen LogP contribution < -0.4 is 5.49 Å². The summed E-state index contributed by atoms with van der Waals surface area (Å²) in [5.41, 5.74) is 0.866. The molecule has 1 aromatic carbocycles. The van der Waals surface area contributed by atoms with Gasteiger partial charge in [-0.1, -0.05) is 16.3 Å². The molecule has 11 heteroatoms. The van der Waals surface area contributed by atoms with Crippen LogP contribution in [0.25, 0.3) is 16.5 Å². The third-order valence-corrected chi connectivity index (χ3v) is 4.37. The van der Waals surface area contributed by atoms with Gasteiger partial charge in [0.15, 0.2) is 11.8 Å². The molecule has 0 saturated heterocycles. The van der Waals surface area contributed by atoms with Crippen LogP contribution in [0.15, 0.2) is 28.4 Å². The highest BCUT2D eigenvalue weighted by atomic mass is 16.5. The van der Waals surface area contributed by atoms with Gasteiger partial charge in [0.25, 0.3) is 5.91 Å². The number of hydrogen-bond donors (Lipinski definition) is 5. The van der Waals surface area contributed by atoms with Crippen molar-refractivity contribution in [3.63, 3.8) is 0 Å². The lowest BCUT2D eigenvalue weighted by Crippen LogP contribution is -2.21. The highest BCUT2D eigenvalue weighted by Gasteiger charge is 2.22. The Hall–Kier alpha value is -4.15. The molecule has 3 aromatic rings. The Kier molecular flexibility index (Phi) is 5.28. The van der Waals surface area contributed by atoms with Crippen molar-refractivity contribution in [2.45, 2.75) is 20.8 Å². The van der Waals surface area contributed by atoms with Crippen LogP contribution in [0.4, 0.5) is 4.79 Å². The Labute approximate surface area is 169 Å². The summed E-state index contributed by atoms with van der Waals surface area (Å²) in [4.78, 5) is 26.4. The van der Waals surface area contributed by atoms with E-state index >= 15 is 0 Å². The van der Waals surface area contributed by atoms with Crippen LogP contribution in [0.2, 0.25) is 0 Å². The van der Waals surface area contributed by atoms with Crippen molar-refractivity contribution in [2.75, 3.05) is 6.61 Å². The number of amides is 2. The first-order chi connectivity index (χ1) is 14.1. The van der Waals surface area contributed by atoms with Crippen LogP contribution in [0.5, 0.6) is 17.6 Å². The molecule has 5 N–H and O–H groups in total. The zero-order chi connectivity index (χ0) is 22.2. The quantitative estimate of drug-likeness (QED) is 0.413. The summed E-state index contributed by atoms with van der Waals surface area (Å²) in [7, 11) is 0. The third kappa shape index (κ3) is 3.48. The van der Waals surface area contributed by atoms with Gasteiger partial charge in [-0.05, 0) is 38.0 Å². The average molecular weight is 413 g/mol. The van der Waals surface area contributed by atoms with Gasteiger partial charge in [0.05, 0.1) is 28.6 Å². The van der Waals surface area contributed by atoms with Gasteiger partial charge in [-0.25, -0.2) is 4.79 Å². The van der Waals surface area contributed by atoms with Crippen molar-refractivity contribution in [2.24, 2.45) is 10.2 Å². The first-order valence-corrected chi connectivity index (χ1v) is 8.83. The largest absolute Gasteiger partial charge is 0.494 e. The number of fused-ring (bicyclic) bond motifs is 1. The molecule has 2 amide bonds. The summed E-state index contributed by atoms with van der Waals surface area (Å²) < 4.78 is 5.63. The molecule has 2 heterocycles. The van der Waals surface area contributed by atoms with Crippen LogP contribution in [-0.2, 0) is 4.74 Å². The van der Waals surface area contributed by atoms with Crippen LogP contribution in [0.1, 0.15) is 28.4 Å². The second-order valence-corrected chi connectivity index (χ2v) is 6.48. The van der Waals surface area contributed by atoms with Gasteiger partial charge >= 0.3 is 6.09 Å².